The van der Waals surface area contributed by atoms with Crippen LogP contribution >= 0.6 is 0 Å². The molecule has 1 aliphatic heterocycles. The molecule has 3 heteroatoms. The first-order chi connectivity index (χ1) is 8.56. The van der Waals surface area contributed by atoms with Crippen LogP contribution in [-0.2, 0) is 4.79 Å². The summed E-state index contributed by atoms with van der Waals surface area (Å²) in [5, 5.41) is 9.38. The summed E-state index contributed by atoms with van der Waals surface area (Å²) in [6.45, 7) is 8.61. The molecule has 0 aromatic carbocycles. The first-order valence-electron chi connectivity index (χ1n) is 7.53. The molecule has 0 aromatic heterocycles. The Labute approximate surface area is 112 Å². The second-order valence-corrected chi connectivity index (χ2v) is 5.97. The second-order valence-electron chi connectivity index (χ2n) is 5.97. The third-order valence-electron chi connectivity index (χ3n) is 4.31. The van der Waals surface area contributed by atoms with Crippen LogP contribution in [0, 0.1) is 11.8 Å². The van der Waals surface area contributed by atoms with E-state index < -0.39 is 5.97 Å². The summed E-state index contributed by atoms with van der Waals surface area (Å²) >= 11 is 0. The zero-order valence-electron chi connectivity index (χ0n) is 12.2. The van der Waals surface area contributed by atoms with E-state index in [4.69, 9.17) is 0 Å². The Hall–Kier alpha value is -0.570. The lowest BCUT2D eigenvalue weighted by Crippen LogP contribution is -2.41. The van der Waals surface area contributed by atoms with Crippen molar-refractivity contribution < 1.29 is 9.90 Å². The van der Waals surface area contributed by atoms with Gasteiger partial charge in [0.1, 0.15) is 6.04 Å². The summed E-state index contributed by atoms with van der Waals surface area (Å²) in [4.78, 5) is 13.6. The molecule has 2 unspecified atom stereocenters. The topological polar surface area (TPSA) is 40.5 Å². The zero-order chi connectivity index (χ0) is 13.5. The van der Waals surface area contributed by atoms with E-state index >= 15 is 0 Å². The number of aliphatic carboxylic acids is 1. The second kappa shape index (κ2) is 7.78. The molecule has 3 nitrogen and oxygen atoms in total. The third kappa shape index (κ3) is 4.60. The normalized spacial score (nSPS) is 23.9. The van der Waals surface area contributed by atoms with E-state index in [0.717, 1.165) is 57.0 Å². The van der Waals surface area contributed by atoms with Gasteiger partial charge < -0.3 is 5.11 Å². The van der Waals surface area contributed by atoms with E-state index in [1.54, 1.807) is 0 Å². The summed E-state index contributed by atoms with van der Waals surface area (Å²) in [6.07, 6.45) is 6.46. The number of nitrogens with zero attached hydrogens (tertiary/aromatic N) is 1. The van der Waals surface area contributed by atoms with Gasteiger partial charge in [0.05, 0.1) is 0 Å². The number of unbranched alkanes of at least 4 members (excludes halogenated alkanes) is 1. The summed E-state index contributed by atoms with van der Waals surface area (Å²) < 4.78 is 0. The average Bonchev–Trinajstić information content (AvgIpc) is 2.55. The van der Waals surface area contributed by atoms with Gasteiger partial charge in [-0.2, -0.15) is 0 Å². The number of hydrogen-bond donors (Lipinski definition) is 1. The van der Waals surface area contributed by atoms with Gasteiger partial charge in [-0.05, 0) is 50.6 Å². The zero-order valence-corrected chi connectivity index (χ0v) is 12.2. The van der Waals surface area contributed by atoms with E-state index in [9.17, 15) is 9.90 Å². The van der Waals surface area contributed by atoms with Crippen molar-refractivity contribution in [1.29, 1.82) is 0 Å². The minimum Gasteiger partial charge on any atom is -0.480 e. The van der Waals surface area contributed by atoms with Crippen molar-refractivity contribution in [2.75, 3.05) is 13.1 Å². The third-order valence-corrected chi connectivity index (χ3v) is 4.31. The molecule has 0 amide bonds. The van der Waals surface area contributed by atoms with Crippen LogP contribution in [0.2, 0.25) is 0 Å². The molecule has 1 aliphatic rings. The van der Waals surface area contributed by atoms with E-state index in [1.807, 2.05) is 0 Å². The monoisotopic (exact) mass is 255 g/mol. The van der Waals surface area contributed by atoms with Crippen molar-refractivity contribution in [3.05, 3.63) is 0 Å². The quantitative estimate of drug-likeness (QED) is 0.791. The van der Waals surface area contributed by atoms with Crippen molar-refractivity contribution in [2.45, 2.75) is 65.3 Å². The fourth-order valence-electron chi connectivity index (χ4n) is 2.98. The van der Waals surface area contributed by atoms with Gasteiger partial charge in [-0.25, -0.2) is 0 Å². The molecule has 106 valence electrons. The van der Waals surface area contributed by atoms with Gasteiger partial charge in [-0.1, -0.05) is 33.6 Å². The molecular weight excluding hydrogens is 226 g/mol. The highest BCUT2D eigenvalue weighted by Gasteiger charge is 2.28. The van der Waals surface area contributed by atoms with Crippen LogP contribution in [-0.4, -0.2) is 35.1 Å². The van der Waals surface area contributed by atoms with E-state index in [-0.39, 0.29) is 6.04 Å². The van der Waals surface area contributed by atoms with Gasteiger partial charge in [-0.3, -0.25) is 9.69 Å². The highest BCUT2D eigenvalue weighted by Crippen LogP contribution is 2.26. The molecule has 1 fully saturated rings. The fourth-order valence-corrected chi connectivity index (χ4v) is 2.98. The maximum atomic E-state index is 11.4. The molecule has 0 spiro atoms. The highest BCUT2D eigenvalue weighted by atomic mass is 16.4. The minimum atomic E-state index is -0.633. The summed E-state index contributed by atoms with van der Waals surface area (Å²) in [5.41, 5.74) is 0. The molecule has 0 bridgehead atoms. The first kappa shape index (κ1) is 15.5. The molecule has 0 saturated carbocycles. The number of likely N-dealkylation sites (tertiary alicyclic amines) is 1. The van der Waals surface area contributed by atoms with E-state index in [2.05, 4.69) is 25.7 Å². The molecule has 1 N–H and O–H groups in total. The smallest absolute Gasteiger partial charge is 0.320 e. The van der Waals surface area contributed by atoms with Crippen molar-refractivity contribution >= 4 is 5.97 Å². The Kier molecular flexibility index (Phi) is 6.69. The molecule has 1 heterocycles. The van der Waals surface area contributed by atoms with Gasteiger partial charge >= 0.3 is 5.97 Å². The van der Waals surface area contributed by atoms with Gasteiger partial charge in [0, 0.05) is 0 Å². The van der Waals surface area contributed by atoms with Crippen LogP contribution in [0.4, 0.5) is 0 Å². The van der Waals surface area contributed by atoms with E-state index in [0.29, 0.717) is 0 Å². The lowest BCUT2D eigenvalue weighted by atomic mass is 9.89. The van der Waals surface area contributed by atoms with E-state index in [1.165, 1.54) is 6.42 Å². The van der Waals surface area contributed by atoms with Crippen LogP contribution in [0.25, 0.3) is 0 Å². The maximum Gasteiger partial charge on any atom is 0.320 e. The van der Waals surface area contributed by atoms with Crippen LogP contribution < -0.4 is 0 Å². The molecule has 18 heavy (non-hydrogen) atoms. The maximum absolute atomic E-state index is 11.4. The molecule has 2 atom stereocenters. The fraction of sp³-hybridized carbons (Fsp3) is 0.933. The number of carbonyl (C=O) groups is 1. The lowest BCUT2D eigenvalue weighted by Gasteiger charge is -2.27. The Morgan fingerprint density at radius 3 is 2.61 bits per heavy atom. The average molecular weight is 255 g/mol. The Morgan fingerprint density at radius 2 is 2.06 bits per heavy atom. The molecular formula is C15H29NO2. The van der Waals surface area contributed by atoms with Crippen LogP contribution in [0.5, 0.6) is 0 Å². The number of carboxylic acids is 1. The predicted molar refractivity (Wildman–Crippen MR) is 74.7 cm³/mol. The SMILES string of the molecule is CCCCC(C(=O)O)N1CCCC(C(C)C)CC1. The largest absolute Gasteiger partial charge is 0.480 e. The van der Waals surface area contributed by atoms with Crippen LogP contribution in [0.3, 0.4) is 0 Å². The number of rotatable bonds is 6. The van der Waals surface area contributed by atoms with Crippen molar-refractivity contribution in [2.24, 2.45) is 11.8 Å². The standard InChI is InChI=1S/C15H29NO2/c1-4-5-8-14(15(17)18)16-10-6-7-13(9-11-16)12(2)3/h12-14H,4-11H2,1-3H3,(H,17,18). The van der Waals surface area contributed by atoms with Gasteiger partial charge in [-0.15, -0.1) is 0 Å². The summed E-state index contributed by atoms with van der Waals surface area (Å²) in [6, 6.07) is -0.254. The Morgan fingerprint density at radius 1 is 1.33 bits per heavy atom. The number of carboxylic acid groups (broad SMARTS) is 1. The molecule has 0 aromatic rings. The highest BCUT2D eigenvalue weighted by molar-refractivity contribution is 5.73. The Bertz CT molecular complexity index is 253. The Balaban J connectivity index is 2.55. The number of hydrogen-bond acceptors (Lipinski definition) is 2. The van der Waals surface area contributed by atoms with Crippen LogP contribution in [0.1, 0.15) is 59.3 Å². The summed E-state index contributed by atoms with van der Waals surface area (Å²) in [7, 11) is 0. The van der Waals surface area contributed by atoms with Crippen molar-refractivity contribution in [3.8, 4) is 0 Å². The van der Waals surface area contributed by atoms with Crippen molar-refractivity contribution in [1.82, 2.24) is 4.90 Å². The molecule has 1 saturated heterocycles. The molecule has 0 radical (unpaired) electrons. The predicted octanol–water partition coefficient (Wildman–Crippen LogP) is 3.39. The molecule has 0 aliphatic carbocycles. The first-order valence-corrected chi connectivity index (χ1v) is 7.53. The summed E-state index contributed by atoms with van der Waals surface area (Å²) in [5.74, 6) is 0.867. The van der Waals surface area contributed by atoms with Gasteiger partial charge in [0.25, 0.3) is 0 Å². The van der Waals surface area contributed by atoms with Crippen molar-refractivity contribution in [3.63, 3.8) is 0 Å². The minimum absolute atomic E-state index is 0.254. The molecule has 1 rings (SSSR count). The van der Waals surface area contributed by atoms with Gasteiger partial charge in [0.2, 0.25) is 0 Å². The van der Waals surface area contributed by atoms with Crippen LogP contribution in [0.15, 0.2) is 0 Å². The van der Waals surface area contributed by atoms with Gasteiger partial charge in [0.15, 0.2) is 0 Å². The lowest BCUT2D eigenvalue weighted by molar-refractivity contribution is -0.143.